The van der Waals surface area contributed by atoms with Crippen LogP contribution in [-0.4, -0.2) is 22.5 Å². The number of nitrogens with zero attached hydrogens (tertiary/aromatic N) is 2. The van der Waals surface area contributed by atoms with Crippen LogP contribution in [0.1, 0.15) is 34.2 Å². The molecule has 0 spiro atoms. The smallest absolute Gasteiger partial charge is 0.274 e. The van der Waals surface area contributed by atoms with Gasteiger partial charge in [0.15, 0.2) is 0 Å². The zero-order valence-electron chi connectivity index (χ0n) is 16.3. The van der Waals surface area contributed by atoms with Gasteiger partial charge in [-0.05, 0) is 50.1 Å². The summed E-state index contributed by atoms with van der Waals surface area (Å²) in [6, 6.07) is 17.1. The quantitative estimate of drug-likeness (QED) is 0.641. The number of amides is 1. The van der Waals surface area contributed by atoms with Gasteiger partial charge in [-0.25, -0.2) is 9.97 Å². The summed E-state index contributed by atoms with van der Waals surface area (Å²) in [5.74, 6) is 0.741. The van der Waals surface area contributed by atoms with E-state index in [0.717, 1.165) is 5.56 Å². The SMILES string of the molecule is CCOc1ccccc1NC(=O)c1cc(C)nc(NCc2ccccc2C)n1. The first kappa shape index (κ1) is 19.4. The van der Waals surface area contributed by atoms with Gasteiger partial charge >= 0.3 is 0 Å². The summed E-state index contributed by atoms with van der Waals surface area (Å²) < 4.78 is 5.56. The molecule has 2 N–H and O–H groups in total. The number of nitrogens with one attached hydrogen (secondary N) is 2. The van der Waals surface area contributed by atoms with Gasteiger partial charge in [-0.1, -0.05) is 36.4 Å². The van der Waals surface area contributed by atoms with Gasteiger partial charge in [0.25, 0.3) is 5.91 Å². The lowest BCUT2D eigenvalue weighted by atomic mass is 10.1. The van der Waals surface area contributed by atoms with Crippen molar-refractivity contribution in [3.8, 4) is 5.75 Å². The standard InChI is InChI=1S/C22H24N4O2/c1-4-28-20-12-8-7-11-18(20)25-21(27)19-13-16(3)24-22(26-19)23-14-17-10-6-5-9-15(17)2/h5-13H,4,14H2,1-3H3,(H,25,27)(H,23,24,26). The highest BCUT2D eigenvalue weighted by atomic mass is 16.5. The number of aryl methyl sites for hydroxylation is 2. The van der Waals surface area contributed by atoms with E-state index in [4.69, 9.17) is 4.74 Å². The third-order valence-corrected chi connectivity index (χ3v) is 4.22. The average Bonchev–Trinajstić information content (AvgIpc) is 2.68. The van der Waals surface area contributed by atoms with Crippen molar-refractivity contribution in [3.05, 3.63) is 77.1 Å². The molecule has 1 aromatic heterocycles. The Labute approximate surface area is 165 Å². The molecule has 0 saturated carbocycles. The largest absolute Gasteiger partial charge is 0.492 e. The van der Waals surface area contributed by atoms with Crippen LogP contribution in [0.5, 0.6) is 5.75 Å². The van der Waals surface area contributed by atoms with E-state index in [2.05, 4.69) is 39.7 Å². The number of carbonyl (C=O) groups excluding carboxylic acids is 1. The van der Waals surface area contributed by atoms with Gasteiger partial charge in [0.05, 0.1) is 12.3 Å². The highest BCUT2D eigenvalue weighted by Gasteiger charge is 2.13. The third-order valence-electron chi connectivity index (χ3n) is 4.22. The fourth-order valence-electron chi connectivity index (χ4n) is 2.78. The second kappa shape index (κ2) is 8.99. The average molecular weight is 376 g/mol. The lowest BCUT2D eigenvalue weighted by Crippen LogP contribution is -2.17. The minimum atomic E-state index is -0.309. The van der Waals surface area contributed by atoms with Crippen molar-refractivity contribution in [2.45, 2.75) is 27.3 Å². The van der Waals surface area contributed by atoms with Gasteiger partial charge in [-0.2, -0.15) is 0 Å². The van der Waals surface area contributed by atoms with E-state index in [1.807, 2.05) is 44.2 Å². The molecule has 0 aliphatic heterocycles. The minimum absolute atomic E-state index is 0.297. The molecule has 0 radical (unpaired) electrons. The molecule has 28 heavy (non-hydrogen) atoms. The zero-order valence-corrected chi connectivity index (χ0v) is 16.3. The first-order chi connectivity index (χ1) is 13.6. The van der Waals surface area contributed by atoms with Crippen molar-refractivity contribution in [2.75, 3.05) is 17.2 Å². The maximum absolute atomic E-state index is 12.7. The highest BCUT2D eigenvalue weighted by molar-refractivity contribution is 6.03. The molecule has 3 aromatic rings. The minimum Gasteiger partial charge on any atom is -0.492 e. The van der Waals surface area contributed by atoms with E-state index in [-0.39, 0.29) is 5.91 Å². The number of para-hydroxylation sites is 2. The fraction of sp³-hybridized carbons (Fsp3) is 0.227. The maximum atomic E-state index is 12.7. The number of aromatic nitrogens is 2. The van der Waals surface area contributed by atoms with Crippen LogP contribution in [0.15, 0.2) is 54.6 Å². The Hall–Kier alpha value is -3.41. The molecular weight excluding hydrogens is 352 g/mol. The van der Waals surface area contributed by atoms with Crippen molar-refractivity contribution in [2.24, 2.45) is 0 Å². The maximum Gasteiger partial charge on any atom is 0.274 e. The molecule has 1 heterocycles. The molecular formula is C22H24N4O2. The van der Waals surface area contributed by atoms with Gasteiger partial charge in [-0.3, -0.25) is 4.79 Å². The summed E-state index contributed by atoms with van der Waals surface area (Å²) in [6.45, 7) is 6.91. The summed E-state index contributed by atoms with van der Waals surface area (Å²) in [4.78, 5) is 21.5. The number of ether oxygens (including phenoxy) is 1. The molecule has 0 bridgehead atoms. The molecule has 0 saturated heterocycles. The lowest BCUT2D eigenvalue weighted by molar-refractivity contribution is 0.102. The Morgan fingerprint density at radius 3 is 2.57 bits per heavy atom. The van der Waals surface area contributed by atoms with Gasteiger partial charge in [0, 0.05) is 12.2 Å². The van der Waals surface area contributed by atoms with E-state index in [0.29, 0.717) is 41.9 Å². The molecule has 0 fully saturated rings. The van der Waals surface area contributed by atoms with Crippen LogP contribution >= 0.6 is 0 Å². The van der Waals surface area contributed by atoms with Crippen molar-refractivity contribution in [1.82, 2.24) is 9.97 Å². The summed E-state index contributed by atoms with van der Waals surface area (Å²) in [5, 5.41) is 6.07. The van der Waals surface area contributed by atoms with Gasteiger partial charge in [0.1, 0.15) is 11.4 Å². The second-order valence-corrected chi connectivity index (χ2v) is 6.38. The lowest BCUT2D eigenvalue weighted by Gasteiger charge is -2.12. The molecule has 3 rings (SSSR count). The second-order valence-electron chi connectivity index (χ2n) is 6.38. The molecule has 6 heteroatoms. The van der Waals surface area contributed by atoms with Crippen LogP contribution < -0.4 is 15.4 Å². The van der Waals surface area contributed by atoms with Crippen LogP contribution in [0.25, 0.3) is 0 Å². The first-order valence-electron chi connectivity index (χ1n) is 9.24. The number of anilines is 2. The summed E-state index contributed by atoms with van der Waals surface area (Å²) in [5.41, 5.74) is 3.97. The molecule has 0 atom stereocenters. The van der Waals surface area contributed by atoms with Gasteiger partial charge in [0.2, 0.25) is 5.95 Å². The van der Waals surface area contributed by atoms with Crippen molar-refractivity contribution < 1.29 is 9.53 Å². The van der Waals surface area contributed by atoms with E-state index in [1.54, 1.807) is 12.1 Å². The van der Waals surface area contributed by atoms with E-state index >= 15 is 0 Å². The summed E-state index contributed by atoms with van der Waals surface area (Å²) >= 11 is 0. The third kappa shape index (κ3) is 4.85. The van der Waals surface area contributed by atoms with Crippen molar-refractivity contribution in [1.29, 1.82) is 0 Å². The first-order valence-corrected chi connectivity index (χ1v) is 9.24. The normalized spacial score (nSPS) is 10.4. The predicted molar refractivity (Wildman–Crippen MR) is 111 cm³/mol. The van der Waals surface area contributed by atoms with Gasteiger partial charge < -0.3 is 15.4 Å². The van der Waals surface area contributed by atoms with Gasteiger partial charge in [-0.15, -0.1) is 0 Å². The Kier molecular flexibility index (Phi) is 6.22. The van der Waals surface area contributed by atoms with Crippen molar-refractivity contribution >= 4 is 17.5 Å². The van der Waals surface area contributed by atoms with Crippen LogP contribution in [-0.2, 0) is 6.54 Å². The van der Waals surface area contributed by atoms with Crippen LogP contribution in [0, 0.1) is 13.8 Å². The monoisotopic (exact) mass is 376 g/mol. The van der Waals surface area contributed by atoms with E-state index in [1.165, 1.54) is 5.56 Å². The number of rotatable bonds is 7. The Morgan fingerprint density at radius 2 is 1.79 bits per heavy atom. The molecule has 0 aliphatic carbocycles. The highest BCUT2D eigenvalue weighted by Crippen LogP contribution is 2.24. The van der Waals surface area contributed by atoms with E-state index < -0.39 is 0 Å². The zero-order chi connectivity index (χ0) is 19.9. The Bertz CT molecular complexity index is 972. The van der Waals surface area contributed by atoms with E-state index in [9.17, 15) is 4.79 Å². The van der Waals surface area contributed by atoms with Crippen LogP contribution in [0.2, 0.25) is 0 Å². The molecule has 1 amide bonds. The fourth-order valence-corrected chi connectivity index (χ4v) is 2.78. The number of benzene rings is 2. The van der Waals surface area contributed by atoms with Crippen LogP contribution in [0.3, 0.4) is 0 Å². The van der Waals surface area contributed by atoms with Crippen LogP contribution in [0.4, 0.5) is 11.6 Å². The number of hydrogen-bond acceptors (Lipinski definition) is 5. The molecule has 0 unspecified atom stereocenters. The topological polar surface area (TPSA) is 76.1 Å². The Morgan fingerprint density at radius 1 is 1.04 bits per heavy atom. The molecule has 0 aliphatic rings. The Balaban J connectivity index is 1.75. The predicted octanol–water partition coefficient (Wildman–Crippen LogP) is 4.36. The molecule has 6 nitrogen and oxygen atoms in total. The van der Waals surface area contributed by atoms with Crippen molar-refractivity contribution in [3.63, 3.8) is 0 Å². The summed E-state index contributed by atoms with van der Waals surface area (Å²) in [6.07, 6.45) is 0. The number of hydrogen-bond donors (Lipinski definition) is 2. The molecule has 2 aromatic carbocycles. The summed E-state index contributed by atoms with van der Waals surface area (Å²) in [7, 11) is 0. The molecule has 144 valence electrons. The number of carbonyl (C=O) groups is 1.